The lowest BCUT2D eigenvalue weighted by atomic mass is 10.1. The van der Waals surface area contributed by atoms with Crippen LogP contribution in [0.5, 0.6) is 0 Å². The van der Waals surface area contributed by atoms with Crippen LogP contribution >= 0.6 is 22.9 Å². The highest BCUT2D eigenvalue weighted by atomic mass is 35.5. The third-order valence-corrected chi connectivity index (χ3v) is 6.52. The third-order valence-electron chi connectivity index (χ3n) is 5.10. The summed E-state index contributed by atoms with van der Waals surface area (Å²) in [7, 11) is 0. The van der Waals surface area contributed by atoms with Gasteiger partial charge in [0.25, 0.3) is 0 Å². The molecule has 2 heterocycles. The minimum Gasteiger partial charge on any atom is -0.371 e. The van der Waals surface area contributed by atoms with Gasteiger partial charge in [-0.15, -0.1) is 11.3 Å². The maximum Gasteiger partial charge on any atom is 0.0517 e. The molecule has 134 valence electrons. The van der Waals surface area contributed by atoms with Gasteiger partial charge >= 0.3 is 0 Å². The van der Waals surface area contributed by atoms with Gasteiger partial charge in [0.15, 0.2) is 0 Å². The van der Waals surface area contributed by atoms with Crippen molar-refractivity contribution in [3.8, 4) is 10.4 Å². The van der Waals surface area contributed by atoms with Crippen LogP contribution in [0.3, 0.4) is 0 Å². The predicted octanol–water partition coefficient (Wildman–Crippen LogP) is 6.96. The SMILES string of the molecule is Cc1ccc(Cc2sc(-c3ccc(Cl)cc3)cc2N2CCCCC2)cc1. The minimum absolute atomic E-state index is 0.793. The third kappa shape index (κ3) is 3.97. The first-order valence-electron chi connectivity index (χ1n) is 9.38. The lowest BCUT2D eigenvalue weighted by molar-refractivity contribution is 0.577. The van der Waals surface area contributed by atoms with Crippen LogP contribution < -0.4 is 4.90 Å². The summed E-state index contributed by atoms with van der Waals surface area (Å²) in [6.07, 6.45) is 4.97. The molecule has 2 aromatic carbocycles. The molecule has 0 aliphatic carbocycles. The first kappa shape index (κ1) is 17.6. The summed E-state index contributed by atoms with van der Waals surface area (Å²) < 4.78 is 0. The zero-order valence-electron chi connectivity index (χ0n) is 15.2. The van der Waals surface area contributed by atoms with Gasteiger partial charge < -0.3 is 4.90 Å². The molecular weight excluding hydrogens is 358 g/mol. The number of rotatable bonds is 4. The predicted molar refractivity (Wildman–Crippen MR) is 115 cm³/mol. The minimum atomic E-state index is 0.793. The first-order chi connectivity index (χ1) is 12.7. The van der Waals surface area contributed by atoms with Crippen LogP contribution in [-0.4, -0.2) is 13.1 Å². The van der Waals surface area contributed by atoms with Gasteiger partial charge in [-0.2, -0.15) is 0 Å². The monoisotopic (exact) mass is 381 g/mol. The Morgan fingerprint density at radius 1 is 0.923 bits per heavy atom. The molecule has 0 radical (unpaired) electrons. The number of thiophene rings is 1. The highest BCUT2D eigenvalue weighted by Crippen LogP contribution is 2.39. The number of halogens is 1. The normalized spacial score (nSPS) is 14.6. The highest BCUT2D eigenvalue weighted by molar-refractivity contribution is 7.16. The van der Waals surface area contributed by atoms with Crippen molar-refractivity contribution < 1.29 is 0 Å². The Morgan fingerprint density at radius 2 is 1.62 bits per heavy atom. The van der Waals surface area contributed by atoms with Crippen LogP contribution in [0.1, 0.15) is 35.3 Å². The molecule has 0 unspecified atom stereocenters. The van der Waals surface area contributed by atoms with Crippen LogP contribution in [0.15, 0.2) is 54.6 Å². The molecule has 0 atom stereocenters. The molecule has 0 amide bonds. The average Bonchev–Trinajstić information content (AvgIpc) is 3.09. The quantitative estimate of drug-likeness (QED) is 0.472. The summed E-state index contributed by atoms with van der Waals surface area (Å²) in [6, 6.07) is 19.6. The van der Waals surface area contributed by atoms with E-state index in [1.54, 1.807) is 0 Å². The number of hydrogen-bond donors (Lipinski definition) is 0. The smallest absolute Gasteiger partial charge is 0.0517 e. The van der Waals surface area contributed by atoms with Gasteiger partial charge in [0.1, 0.15) is 0 Å². The van der Waals surface area contributed by atoms with Crippen molar-refractivity contribution in [2.24, 2.45) is 0 Å². The van der Waals surface area contributed by atoms with Gasteiger partial charge in [0.05, 0.1) is 5.69 Å². The number of nitrogens with zero attached hydrogens (tertiary/aromatic N) is 1. The Labute approximate surface area is 165 Å². The number of aryl methyl sites for hydroxylation is 1. The first-order valence-corrected chi connectivity index (χ1v) is 10.6. The van der Waals surface area contributed by atoms with Gasteiger partial charge in [-0.3, -0.25) is 0 Å². The van der Waals surface area contributed by atoms with Crippen LogP contribution in [0, 0.1) is 6.92 Å². The fourth-order valence-corrected chi connectivity index (χ4v) is 4.94. The van der Waals surface area contributed by atoms with Gasteiger partial charge in [0, 0.05) is 34.3 Å². The summed E-state index contributed by atoms with van der Waals surface area (Å²) in [5.41, 5.74) is 5.39. The summed E-state index contributed by atoms with van der Waals surface area (Å²) in [5, 5.41) is 0.793. The molecule has 26 heavy (non-hydrogen) atoms. The maximum atomic E-state index is 6.07. The van der Waals surface area contributed by atoms with E-state index in [1.807, 2.05) is 23.5 Å². The molecule has 1 aliphatic rings. The van der Waals surface area contributed by atoms with Gasteiger partial charge in [-0.05, 0) is 55.5 Å². The standard InChI is InChI=1S/C23H24ClNS/c1-17-5-7-18(8-6-17)15-23-21(25-13-3-2-4-14-25)16-22(26-23)19-9-11-20(24)12-10-19/h5-12,16H,2-4,13-15H2,1H3. The van der Waals surface area contributed by atoms with Gasteiger partial charge in [-0.1, -0.05) is 53.6 Å². The number of benzene rings is 2. The average molecular weight is 382 g/mol. The zero-order valence-corrected chi connectivity index (χ0v) is 16.7. The summed E-state index contributed by atoms with van der Waals surface area (Å²) in [4.78, 5) is 5.40. The molecular formula is C23H24ClNS. The molecule has 0 saturated carbocycles. The van der Waals surface area contributed by atoms with E-state index >= 15 is 0 Å². The lowest BCUT2D eigenvalue weighted by Crippen LogP contribution is -2.29. The molecule has 1 aliphatic heterocycles. The zero-order chi connectivity index (χ0) is 17.9. The molecule has 0 spiro atoms. The molecule has 0 bridgehead atoms. The molecule has 3 aromatic rings. The Bertz CT molecular complexity index is 858. The molecule has 1 nitrogen and oxygen atoms in total. The Morgan fingerprint density at radius 3 is 2.31 bits per heavy atom. The van der Waals surface area contributed by atoms with Crippen LogP contribution in [0.4, 0.5) is 5.69 Å². The van der Waals surface area contributed by atoms with Gasteiger partial charge in [0.2, 0.25) is 0 Å². The van der Waals surface area contributed by atoms with E-state index in [4.69, 9.17) is 11.6 Å². The highest BCUT2D eigenvalue weighted by Gasteiger charge is 2.18. The van der Waals surface area contributed by atoms with E-state index in [0.717, 1.165) is 11.4 Å². The van der Waals surface area contributed by atoms with Crippen molar-refractivity contribution in [2.45, 2.75) is 32.6 Å². The van der Waals surface area contributed by atoms with Crippen molar-refractivity contribution in [1.29, 1.82) is 0 Å². The van der Waals surface area contributed by atoms with Crippen molar-refractivity contribution >= 4 is 28.6 Å². The lowest BCUT2D eigenvalue weighted by Gasteiger charge is -2.29. The van der Waals surface area contributed by atoms with Crippen LogP contribution in [0.2, 0.25) is 5.02 Å². The van der Waals surface area contributed by atoms with Crippen molar-refractivity contribution in [3.05, 3.63) is 75.6 Å². The van der Waals surface area contributed by atoms with E-state index in [9.17, 15) is 0 Å². The van der Waals surface area contributed by atoms with E-state index in [0.29, 0.717) is 0 Å². The van der Waals surface area contributed by atoms with Crippen molar-refractivity contribution in [2.75, 3.05) is 18.0 Å². The molecule has 1 fully saturated rings. The van der Waals surface area contributed by atoms with E-state index < -0.39 is 0 Å². The largest absolute Gasteiger partial charge is 0.371 e. The number of anilines is 1. The van der Waals surface area contributed by atoms with Crippen LogP contribution in [0.25, 0.3) is 10.4 Å². The fourth-order valence-electron chi connectivity index (χ4n) is 3.60. The molecule has 1 saturated heterocycles. The van der Waals surface area contributed by atoms with Crippen LogP contribution in [-0.2, 0) is 6.42 Å². The summed E-state index contributed by atoms with van der Waals surface area (Å²) >= 11 is 8.00. The molecule has 0 N–H and O–H groups in total. The molecule has 4 rings (SSSR count). The second kappa shape index (κ2) is 7.85. The maximum absolute atomic E-state index is 6.07. The second-order valence-corrected chi connectivity index (χ2v) is 8.71. The van der Waals surface area contributed by atoms with E-state index in [1.165, 1.54) is 64.5 Å². The van der Waals surface area contributed by atoms with Gasteiger partial charge in [-0.25, -0.2) is 0 Å². The molecule has 1 aromatic heterocycles. The summed E-state index contributed by atoms with van der Waals surface area (Å²) in [5.74, 6) is 0. The Balaban J connectivity index is 1.69. The van der Waals surface area contributed by atoms with E-state index in [2.05, 4.69) is 54.3 Å². The van der Waals surface area contributed by atoms with Crippen molar-refractivity contribution in [3.63, 3.8) is 0 Å². The number of hydrogen-bond acceptors (Lipinski definition) is 2. The van der Waals surface area contributed by atoms with E-state index in [-0.39, 0.29) is 0 Å². The Kier molecular flexibility index (Phi) is 5.33. The topological polar surface area (TPSA) is 3.24 Å². The Hall–Kier alpha value is -1.77. The molecule has 3 heteroatoms. The summed E-state index contributed by atoms with van der Waals surface area (Å²) in [6.45, 7) is 4.50. The number of piperidine rings is 1. The van der Waals surface area contributed by atoms with Crippen molar-refractivity contribution in [1.82, 2.24) is 0 Å². The fraction of sp³-hybridized carbons (Fsp3) is 0.304. The second-order valence-electron chi connectivity index (χ2n) is 7.14.